The van der Waals surface area contributed by atoms with Crippen LogP contribution < -0.4 is 15.8 Å². The van der Waals surface area contributed by atoms with Gasteiger partial charge < -0.3 is 20.7 Å². The van der Waals surface area contributed by atoms with Gasteiger partial charge in [0, 0.05) is 6.54 Å². The summed E-state index contributed by atoms with van der Waals surface area (Å²) >= 11 is 0. The monoisotopic (exact) mass is 465 g/mol. The second kappa shape index (κ2) is 9.73. The molecule has 0 radical (unpaired) electrons. The quantitative estimate of drug-likeness (QED) is 0.604. The Labute approximate surface area is 189 Å². The van der Waals surface area contributed by atoms with E-state index in [1.165, 1.54) is 24.3 Å². The fourth-order valence-electron chi connectivity index (χ4n) is 4.25. The number of halogens is 3. The summed E-state index contributed by atoms with van der Waals surface area (Å²) < 4.78 is 41.2. The van der Waals surface area contributed by atoms with E-state index >= 15 is 0 Å². The number of primary amides is 1. The van der Waals surface area contributed by atoms with E-state index in [0.29, 0.717) is 31.4 Å². The molecule has 7 nitrogen and oxygen atoms in total. The summed E-state index contributed by atoms with van der Waals surface area (Å²) in [6.07, 6.45) is 4.22. The summed E-state index contributed by atoms with van der Waals surface area (Å²) in [7, 11) is 0. The molecule has 0 aromatic heterocycles. The maximum Gasteiger partial charge on any atom is 0.573 e. The molecular formula is C23H26F3N3O4. The number of amides is 3. The molecule has 0 bridgehead atoms. The highest BCUT2D eigenvalue weighted by atomic mass is 19.4. The van der Waals surface area contributed by atoms with E-state index in [4.69, 9.17) is 12.2 Å². The fourth-order valence-corrected chi connectivity index (χ4v) is 4.25. The normalized spacial score (nSPS) is 20.7. The van der Waals surface area contributed by atoms with Crippen molar-refractivity contribution in [2.24, 2.45) is 5.73 Å². The summed E-state index contributed by atoms with van der Waals surface area (Å²) in [5.74, 6) is 0.629. The molecule has 3 N–H and O–H groups in total. The van der Waals surface area contributed by atoms with Crippen LogP contribution in [0.1, 0.15) is 50.5 Å². The van der Waals surface area contributed by atoms with Gasteiger partial charge in [0.15, 0.2) is 0 Å². The zero-order chi connectivity index (χ0) is 24.2. The number of carbonyl (C=O) groups is 3. The Morgan fingerprint density at radius 2 is 1.88 bits per heavy atom. The predicted molar refractivity (Wildman–Crippen MR) is 113 cm³/mol. The van der Waals surface area contributed by atoms with Crippen LogP contribution in [0.25, 0.3) is 0 Å². The molecule has 1 aromatic rings. The fraction of sp³-hybridized carbons (Fsp3) is 0.522. The summed E-state index contributed by atoms with van der Waals surface area (Å²) in [6, 6.07) is 3.66. The van der Waals surface area contributed by atoms with Crippen molar-refractivity contribution in [3.05, 3.63) is 29.8 Å². The SMILES string of the molecule is C#C[C@H](CC(N)=O)NC(=O)[C@@H]1CCCCCN1C(=O)C1(c2ccc(OC(F)(F)F)cc2)CC1. The van der Waals surface area contributed by atoms with Crippen LogP contribution in [0.2, 0.25) is 0 Å². The Kier molecular flexibility index (Phi) is 7.20. The average Bonchev–Trinajstić information content (AvgIpc) is 3.56. The molecule has 2 aliphatic rings. The number of terminal acetylenes is 1. The number of nitrogens with zero attached hydrogens (tertiary/aromatic N) is 1. The minimum absolute atomic E-state index is 0.209. The van der Waals surface area contributed by atoms with Crippen molar-refractivity contribution in [3.8, 4) is 18.1 Å². The molecule has 1 aliphatic heterocycles. The molecule has 0 spiro atoms. The first-order valence-corrected chi connectivity index (χ1v) is 10.8. The Morgan fingerprint density at radius 1 is 1.21 bits per heavy atom. The molecule has 1 saturated carbocycles. The minimum Gasteiger partial charge on any atom is -0.406 e. The molecule has 1 heterocycles. The zero-order valence-corrected chi connectivity index (χ0v) is 18.0. The molecule has 178 valence electrons. The van der Waals surface area contributed by atoms with E-state index in [1.807, 2.05) is 0 Å². The van der Waals surface area contributed by atoms with E-state index in [0.717, 1.165) is 19.3 Å². The maximum absolute atomic E-state index is 13.6. The molecule has 1 aliphatic carbocycles. The summed E-state index contributed by atoms with van der Waals surface area (Å²) in [5.41, 5.74) is 4.88. The van der Waals surface area contributed by atoms with Crippen LogP contribution in [0, 0.1) is 12.3 Å². The number of ether oxygens (including phenoxy) is 1. The highest BCUT2D eigenvalue weighted by Crippen LogP contribution is 2.50. The van der Waals surface area contributed by atoms with Crippen molar-refractivity contribution in [2.75, 3.05) is 6.54 Å². The molecule has 0 unspecified atom stereocenters. The second-order valence-corrected chi connectivity index (χ2v) is 8.42. The number of nitrogens with two attached hydrogens (primary N) is 1. The van der Waals surface area contributed by atoms with Gasteiger partial charge in [0.1, 0.15) is 11.8 Å². The average molecular weight is 465 g/mol. The van der Waals surface area contributed by atoms with Gasteiger partial charge in [-0.15, -0.1) is 19.6 Å². The summed E-state index contributed by atoms with van der Waals surface area (Å²) in [5, 5.41) is 2.63. The van der Waals surface area contributed by atoms with Crippen molar-refractivity contribution in [1.82, 2.24) is 10.2 Å². The molecule has 3 amide bonds. The van der Waals surface area contributed by atoms with Crippen molar-refractivity contribution < 1.29 is 32.3 Å². The third-order valence-electron chi connectivity index (χ3n) is 6.04. The smallest absolute Gasteiger partial charge is 0.406 e. The number of alkyl halides is 3. The molecule has 2 atom stereocenters. The number of carbonyl (C=O) groups excluding carboxylic acids is 3. The van der Waals surface area contributed by atoms with Crippen molar-refractivity contribution in [3.63, 3.8) is 0 Å². The highest BCUT2D eigenvalue weighted by molar-refractivity contribution is 5.95. The number of benzene rings is 1. The lowest BCUT2D eigenvalue weighted by Crippen LogP contribution is -2.54. The Balaban J connectivity index is 1.78. The largest absolute Gasteiger partial charge is 0.573 e. The molecule has 10 heteroatoms. The molecule has 2 fully saturated rings. The number of hydrogen-bond acceptors (Lipinski definition) is 4. The number of hydrogen-bond donors (Lipinski definition) is 2. The van der Waals surface area contributed by atoms with Crippen molar-refractivity contribution in [1.29, 1.82) is 0 Å². The predicted octanol–water partition coefficient (Wildman–Crippen LogP) is 2.38. The number of rotatable bonds is 7. The first-order valence-electron chi connectivity index (χ1n) is 10.8. The van der Waals surface area contributed by atoms with E-state index in [9.17, 15) is 27.6 Å². The molecular weight excluding hydrogens is 439 g/mol. The standard InChI is InChI=1S/C23H26F3N3O4/c1-2-16(14-19(27)30)28-20(31)18-6-4-3-5-13-29(18)21(32)22(11-12-22)15-7-9-17(10-8-15)33-23(24,25)26/h1,7-10,16,18H,3-6,11-14H2,(H2,27,30)(H,28,31)/t16-,18+/m1/s1. The molecule has 1 aromatic carbocycles. The van der Waals surface area contributed by atoms with Crippen LogP contribution in [-0.2, 0) is 19.8 Å². The molecule has 1 saturated heterocycles. The van der Waals surface area contributed by atoms with Crippen LogP contribution >= 0.6 is 0 Å². The third kappa shape index (κ3) is 5.97. The summed E-state index contributed by atoms with van der Waals surface area (Å²) in [4.78, 5) is 39.4. The molecule has 33 heavy (non-hydrogen) atoms. The topological polar surface area (TPSA) is 102 Å². The van der Waals surface area contributed by atoms with Gasteiger partial charge in [-0.3, -0.25) is 14.4 Å². The van der Waals surface area contributed by atoms with Crippen LogP contribution in [-0.4, -0.2) is 47.6 Å². The lowest BCUT2D eigenvalue weighted by atomic mass is 9.93. The first kappa shape index (κ1) is 24.4. The van der Waals surface area contributed by atoms with Crippen molar-refractivity contribution in [2.45, 2.75) is 68.8 Å². The van der Waals surface area contributed by atoms with Gasteiger partial charge in [-0.25, -0.2) is 0 Å². The van der Waals surface area contributed by atoms with Gasteiger partial charge in [0.2, 0.25) is 17.7 Å². The van der Waals surface area contributed by atoms with E-state index in [1.54, 1.807) is 4.90 Å². The lowest BCUT2D eigenvalue weighted by molar-refractivity contribution is -0.274. The van der Waals surface area contributed by atoms with Crippen LogP contribution in [0.15, 0.2) is 24.3 Å². The number of nitrogens with one attached hydrogen (secondary N) is 1. The first-order chi connectivity index (χ1) is 15.6. The Hall–Kier alpha value is -3.22. The minimum atomic E-state index is -4.80. The van der Waals surface area contributed by atoms with Gasteiger partial charge in [-0.05, 0) is 43.4 Å². The van der Waals surface area contributed by atoms with Gasteiger partial charge in [0.25, 0.3) is 0 Å². The Bertz CT molecular complexity index is 936. The van der Waals surface area contributed by atoms with Gasteiger partial charge in [-0.2, -0.15) is 0 Å². The third-order valence-corrected chi connectivity index (χ3v) is 6.04. The van der Waals surface area contributed by atoms with Gasteiger partial charge in [0.05, 0.1) is 17.9 Å². The van der Waals surface area contributed by atoms with Gasteiger partial charge >= 0.3 is 6.36 Å². The Morgan fingerprint density at radius 3 is 2.42 bits per heavy atom. The van der Waals surface area contributed by atoms with Gasteiger partial charge in [-0.1, -0.05) is 30.9 Å². The van der Waals surface area contributed by atoms with E-state index in [2.05, 4.69) is 16.0 Å². The number of likely N-dealkylation sites (tertiary alicyclic amines) is 1. The van der Waals surface area contributed by atoms with Crippen LogP contribution in [0.3, 0.4) is 0 Å². The summed E-state index contributed by atoms with van der Waals surface area (Å²) in [6.45, 7) is 0.379. The lowest BCUT2D eigenvalue weighted by Gasteiger charge is -2.33. The second-order valence-electron chi connectivity index (χ2n) is 8.42. The van der Waals surface area contributed by atoms with E-state index < -0.39 is 35.7 Å². The van der Waals surface area contributed by atoms with Crippen LogP contribution in [0.4, 0.5) is 13.2 Å². The molecule has 3 rings (SSSR count). The zero-order valence-electron chi connectivity index (χ0n) is 18.0. The highest BCUT2D eigenvalue weighted by Gasteiger charge is 2.54. The van der Waals surface area contributed by atoms with Crippen LogP contribution in [0.5, 0.6) is 5.75 Å². The maximum atomic E-state index is 13.6. The van der Waals surface area contributed by atoms with E-state index in [-0.39, 0.29) is 18.1 Å². The van der Waals surface area contributed by atoms with Crippen molar-refractivity contribution >= 4 is 17.7 Å².